The van der Waals surface area contributed by atoms with Crippen molar-refractivity contribution < 1.29 is 9.47 Å². The minimum Gasteiger partial charge on any atom is -0.369 e. The minimum absolute atomic E-state index is 0.0570. The largest absolute Gasteiger partial charge is 0.369 e. The summed E-state index contributed by atoms with van der Waals surface area (Å²) in [6, 6.07) is 0. The van der Waals surface area contributed by atoms with Crippen LogP contribution in [0, 0.1) is 17.8 Å². The van der Waals surface area contributed by atoms with Crippen molar-refractivity contribution in [2.75, 3.05) is 0 Å². The molecule has 0 bridgehead atoms. The van der Waals surface area contributed by atoms with Crippen molar-refractivity contribution in [2.24, 2.45) is 23.5 Å². The fourth-order valence-corrected chi connectivity index (χ4v) is 3.77. The van der Waals surface area contributed by atoms with Gasteiger partial charge in [-0.15, -0.1) is 0 Å². The number of epoxide rings is 2. The molecule has 2 unspecified atom stereocenters. The van der Waals surface area contributed by atoms with Crippen LogP contribution in [-0.2, 0) is 9.47 Å². The highest BCUT2D eigenvalue weighted by molar-refractivity contribution is 5.09. The predicted molar refractivity (Wildman–Crippen MR) is 45.8 cm³/mol. The molecule has 2 N–H and O–H groups in total. The molecule has 3 heteroatoms. The van der Waals surface area contributed by atoms with Crippen LogP contribution in [0.1, 0.15) is 19.3 Å². The molecule has 0 aromatic rings. The molecule has 2 saturated heterocycles. The van der Waals surface area contributed by atoms with E-state index < -0.39 is 0 Å². The number of fused-ring (bicyclic) bond motifs is 3. The van der Waals surface area contributed by atoms with Crippen molar-refractivity contribution in [1.29, 1.82) is 0 Å². The molecule has 2 aliphatic carbocycles. The van der Waals surface area contributed by atoms with Crippen LogP contribution < -0.4 is 5.73 Å². The lowest BCUT2D eigenvalue weighted by atomic mass is 9.88. The zero-order chi connectivity index (χ0) is 8.58. The van der Waals surface area contributed by atoms with Gasteiger partial charge in [0.1, 0.15) is 12.3 Å². The summed E-state index contributed by atoms with van der Waals surface area (Å²) in [5.41, 5.74) is 5.72. The van der Waals surface area contributed by atoms with E-state index in [0.717, 1.165) is 17.8 Å². The van der Waals surface area contributed by atoms with Crippen LogP contribution in [-0.4, -0.2) is 24.5 Å². The van der Waals surface area contributed by atoms with Gasteiger partial charge >= 0.3 is 0 Å². The molecule has 72 valence electrons. The molecule has 2 aliphatic heterocycles. The van der Waals surface area contributed by atoms with Crippen molar-refractivity contribution in [2.45, 2.75) is 43.8 Å². The van der Waals surface area contributed by atoms with E-state index in [1.165, 1.54) is 19.3 Å². The van der Waals surface area contributed by atoms with Gasteiger partial charge in [0.2, 0.25) is 0 Å². The first-order valence-electron chi connectivity index (χ1n) is 5.41. The Morgan fingerprint density at radius 2 is 1.62 bits per heavy atom. The second kappa shape index (κ2) is 2.10. The van der Waals surface area contributed by atoms with E-state index in [-0.39, 0.29) is 6.23 Å². The molecule has 0 aromatic carbocycles. The molecule has 13 heavy (non-hydrogen) atoms. The summed E-state index contributed by atoms with van der Waals surface area (Å²) < 4.78 is 11.0. The van der Waals surface area contributed by atoms with Crippen LogP contribution >= 0.6 is 0 Å². The normalized spacial score (nSPS) is 67.6. The van der Waals surface area contributed by atoms with Crippen LogP contribution in [0.25, 0.3) is 0 Å². The number of hydrogen-bond acceptors (Lipinski definition) is 3. The van der Waals surface area contributed by atoms with Crippen molar-refractivity contribution >= 4 is 0 Å². The number of rotatable bonds is 1. The third-order valence-electron chi connectivity index (χ3n) is 4.46. The van der Waals surface area contributed by atoms with Crippen LogP contribution in [0.3, 0.4) is 0 Å². The summed E-state index contributed by atoms with van der Waals surface area (Å²) in [6.07, 6.45) is 5.66. The topological polar surface area (TPSA) is 51.1 Å². The minimum atomic E-state index is 0.0570. The smallest absolute Gasteiger partial charge is 0.133 e. The van der Waals surface area contributed by atoms with E-state index >= 15 is 0 Å². The zero-order valence-corrected chi connectivity index (χ0v) is 7.56. The molecule has 2 saturated carbocycles. The van der Waals surface area contributed by atoms with Crippen molar-refractivity contribution in [3.63, 3.8) is 0 Å². The highest BCUT2D eigenvalue weighted by Crippen LogP contribution is 2.58. The highest BCUT2D eigenvalue weighted by Gasteiger charge is 2.62. The molecular weight excluding hydrogens is 166 g/mol. The Balaban J connectivity index is 1.56. The third kappa shape index (κ3) is 0.853. The maximum absolute atomic E-state index is 5.72. The average molecular weight is 181 g/mol. The van der Waals surface area contributed by atoms with Crippen LogP contribution in [0.4, 0.5) is 0 Å². The van der Waals surface area contributed by atoms with Gasteiger partial charge in [-0.05, 0) is 37.0 Å². The fourth-order valence-electron chi connectivity index (χ4n) is 3.77. The predicted octanol–water partition coefficient (Wildman–Crippen LogP) is 0.483. The van der Waals surface area contributed by atoms with Gasteiger partial charge in [-0.1, -0.05) is 0 Å². The lowest BCUT2D eigenvalue weighted by Gasteiger charge is -2.18. The monoisotopic (exact) mass is 181 g/mol. The van der Waals surface area contributed by atoms with E-state index in [2.05, 4.69) is 0 Å². The van der Waals surface area contributed by atoms with Gasteiger partial charge in [0, 0.05) is 0 Å². The van der Waals surface area contributed by atoms with Crippen molar-refractivity contribution in [1.82, 2.24) is 0 Å². The molecule has 4 fully saturated rings. The first-order chi connectivity index (χ1) is 6.34. The summed E-state index contributed by atoms with van der Waals surface area (Å²) in [5, 5.41) is 0. The van der Waals surface area contributed by atoms with Gasteiger partial charge < -0.3 is 15.2 Å². The van der Waals surface area contributed by atoms with Gasteiger partial charge in [0.25, 0.3) is 0 Å². The first kappa shape index (κ1) is 7.21. The maximum Gasteiger partial charge on any atom is 0.133 e. The quantitative estimate of drug-likeness (QED) is 0.599. The van der Waals surface area contributed by atoms with Crippen LogP contribution in [0.5, 0.6) is 0 Å². The lowest BCUT2D eigenvalue weighted by Crippen LogP contribution is -2.21. The third-order valence-corrected chi connectivity index (χ3v) is 4.46. The van der Waals surface area contributed by atoms with E-state index in [0.29, 0.717) is 18.3 Å². The van der Waals surface area contributed by atoms with Gasteiger partial charge in [0.05, 0.1) is 12.2 Å². The molecule has 4 aliphatic rings. The molecule has 0 aromatic heterocycles. The molecule has 0 amide bonds. The lowest BCUT2D eigenvalue weighted by molar-refractivity contribution is 0.180. The highest BCUT2D eigenvalue weighted by atomic mass is 16.6. The van der Waals surface area contributed by atoms with Crippen molar-refractivity contribution in [3.05, 3.63) is 0 Å². The Labute approximate surface area is 77.6 Å². The Kier molecular flexibility index (Phi) is 1.16. The van der Waals surface area contributed by atoms with E-state index in [4.69, 9.17) is 15.2 Å². The van der Waals surface area contributed by atoms with Gasteiger partial charge in [-0.25, -0.2) is 0 Å². The molecule has 7 atom stereocenters. The fraction of sp³-hybridized carbons (Fsp3) is 1.00. The van der Waals surface area contributed by atoms with Gasteiger partial charge in [0.15, 0.2) is 0 Å². The van der Waals surface area contributed by atoms with E-state index in [9.17, 15) is 0 Å². The van der Waals surface area contributed by atoms with E-state index in [1.807, 2.05) is 0 Å². The van der Waals surface area contributed by atoms with E-state index in [1.54, 1.807) is 0 Å². The Hall–Kier alpha value is -0.120. The van der Waals surface area contributed by atoms with Crippen LogP contribution in [0.2, 0.25) is 0 Å². The Morgan fingerprint density at radius 3 is 2.31 bits per heavy atom. The molecular formula is C10H15NO2. The van der Waals surface area contributed by atoms with Crippen LogP contribution in [0.15, 0.2) is 0 Å². The van der Waals surface area contributed by atoms with Gasteiger partial charge in [-0.3, -0.25) is 0 Å². The second-order valence-electron chi connectivity index (χ2n) is 5.01. The second-order valence-corrected chi connectivity index (χ2v) is 5.01. The maximum atomic E-state index is 5.72. The number of ether oxygens (including phenoxy) is 2. The summed E-state index contributed by atoms with van der Waals surface area (Å²) >= 11 is 0. The molecule has 2 heterocycles. The first-order valence-corrected chi connectivity index (χ1v) is 5.41. The Bertz CT molecular complexity index is 257. The zero-order valence-electron chi connectivity index (χ0n) is 7.56. The number of hydrogen-bond donors (Lipinski definition) is 1. The summed E-state index contributed by atoms with van der Waals surface area (Å²) in [5.74, 6) is 2.49. The Morgan fingerprint density at radius 1 is 0.923 bits per heavy atom. The summed E-state index contributed by atoms with van der Waals surface area (Å²) in [6.45, 7) is 0. The summed E-state index contributed by atoms with van der Waals surface area (Å²) in [4.78, 5) is 0. The average Bonchev–Trinajstić information content (AvgIpc) is 2.95. The SMILES string of the molecule is N[C@@H]1OC1[C@@H]1CC[C@@H]2C1C[C@@H]1O[C@@H]12. The van der Waals surface area contributed by atoms with Crippen molar-refractivity contribution in [3.8, 4) is 0 Å². The summed E-state index contributed by atoms with van der Waals surface area (Å²) in [7, 11) is 0. The molecule has 4 rings (SSSR count). The molecule has 3 nitrogen and oxygen atoms in total. The number of nitrogens with two attached hydrogens (primary N) is 1. The standard InChI is InChI=1S/C10H15NO2/c11-10-9(13-10)5-2-1-4-6(5)3-7-8(4)12-7/h4-10H,1-3,11H2/t4-,5-,6?,7+,8-,9?,10-/m1/s1. The van der Waals surface area contributed by atoms with Gasteiger partial charge in [-0.2, -0.15) is 0 Å². The molecule has 0 radical (unpaired) electrons. The molecule has 0 spiro atoms.